The molecule has 11 unspecified atom stereocenters. The Morgan fingerprint density at radius 1 is 0.696 bits per heavy atom. The molecular weight excluding hydrogens is 612 g/mol. The maximum absolute atomic E-state index is 12.4. The van der Waals surface area contributed by atoms with Gasteiger partial charge < -0.3 is 65.3 Å². The molecule has 0 aromatic rings. The second kappa shape index (κ2) is 21.2. The summed E-state index contributed by atoms with van der Waals surface area (Å²) in [5.41, 5.74) is 0. The summed E-state index contributed by atoms with van der Waals surface area (Å²) in [7, 11) is 0. The van der Waals surface area contributed by atoms with Crippen LogP contribution in [0, 0.1) is 5.92 Å². The molecule has 2 rings (SSSR count). The summed E-state index contributed by atoms with van der Waals surface area (Å²) < 4.78 is 21.8. The van der Waals surface area contributed by atoms with Gasteiger partial charge in [0.15, 0.2) is 18.4 Å². The number of amides is 2. The van der Waals surface area contributed by atoms with Crippen molar-refractivity contribution in [2.24, 2.45) is 5.92 Å². The van der Waals surface area contributed by atoms with E-state index in [1.54, 1.807) is 6.92 Å². The lowest BCUT2D eigenvalue weighted by Crippen LogP contribution is -2.59. The molecule has 2 aliphatic heterocycles. The minimum absolute atomic E-state index is 0.138. The first kappa shape index (κ1) is 40.3. The zero-order valence-electron chi connectivity index (χ0n) is 26.7. The zero-order valence-corrected chi connectivity index (χ0v) is 26.7. The summed E-state index contributed by atoms with van der Waals surface area (Å²) in [5, 5.41) is 73.7. The Kier molecular flexibility index (Phi) is 18.6. The minimum atomic E-state index is -1.51. The van der Waals surface area contributed by atoms with Gasteiger partial charge in [0.05, 0.1) is 25.4 Å². The monoisotopic (exact) mass is 666 g/mol. The standard InChI is InChI=1S/C30H54N2O14/c1-17-24(38)25(39)20(15-33)45-29(17)43-13-8-5-11-23(37)32-19(18(2)35)9-3-6-12-31-22(36)10-4-7-14-44-30-28(42)27(41)26(40)21(16-34)46-30/h17,19-21,24-30,33-34,38-42H,3-16H2,1-2H3,(H,31,36)(H,32,37). The van der Waals surface area contributed by atoms with Crippen LogP contribution in [0.15, 0.2) is 0 Å². The molecule has 11 atom stereocenters. The molecule has 2 amide bonds. The predicted octanol–water partition coefficient (Wildman–Crippen LogP) is -2.40. The molecule has 9 N–H and O–H groups in total. The van der Waals surface area contributed by atoms with Crippen molar-refractivity contribution in [2.45, 2.75) is 133 Å². The minimum Gasteiger partial charge on any atom is -0.394 e. The highest BCUT2D eigenvalue weighted by atomic mass is 16.7. The van der Waals surface area contributed by atoms with Crippen LogP contribution in [0.3, 0.4) is 0 Å². The fourth-order valence-electron chi connectivity index (χ4n) is 5.22. The van der Waals surface area contributed by atoms with E-state index in [9.17, 15) is 50.1 Å². The van der Waals surface area contributed by atoms with E-state index in [1.807, 2.05) is 0 Å². The summed E-state index contributed by atoms with van der Waals surface area (Å²) in [6, 6.07) is -0.622. The number of rotatable bonds is 21. The number of hydrogen-bond donors (Lipinski definition) is 9. The highest BCUT2D eigenvalue weighted by Crippen LogP contribution is 2.27. The van der Waals surface area contributed by atoms with Crippen LogP contribution in [-0.2, 0) is 33.3 Å². The molecule has 268 valence electrons. The van der Waals surface area contributed by atoms with Crippen LogP contribution in [0.25, 0.3) is 0 Å². The van der Waals surface area contributed by atoms with Crippen molar-refractivity contribution in [2.75, 3.05) is 33.0 Å². The molecule has 2 saturated heterocycles. The van der Waals surface area contributed by atoms with E-state index in [1.165, 1.54) is 6.92 Å². The lowest BCUT2D eigenvalue weighted by molar-refractivity contribution is -0.301. The molecule has 0 aliphatic carbocycles. The third-order valence-electron chi connectivity index (χ3n) is 8.26. The third-order valence-corrected chi connectivity index (χ3v) is 8.26. The quantitative estimate of drug-likeness (QED) is 0.0579. The molecule has 16 heteroatoms. The second-order valence-electron chi connectivity index (χ2n) is 12.0. The van der Waals surface area contributed by atoms with Crippen molar-refractivity contribution in [3.8, 4) is 0 Å². The van der Waals surface area contributed by atoms with E-state index < -0.39 is 80.5 Å². The maximum atomic E-state index is 12.4. The van der Waals surface area contributed by atoms with Crippen LogP contribution >= 0.6 is 0 Å². The lowest BCUT2D eigenvalue weighted by Gasteiger charge is -2.40. The second-order valence-corrected chi connectivity index (χ2v) is 12.0. The van der Waals surface area contributed by atoms with Crippen LogP contribution in [0.1, 0.15) is 71.6 Å². The van der Waals surface area contributed by atoms with Gasteiger partial charge in [-0.1, -0.05) is 6.92 Å². The van der Waals surface area contributed by atoms with Gasteiger partial charge in [0.1, 0.15) is 36.6 Å². The average Bonchev–Trinajstić information content (AvgIpc) is 3.03. The smallest absolute Gasteiger partial charge is 0.220 e. The number of unbranched alkanes of at least 4 members (excludes halogenated alkanes) is 3. The number of carbonyl (C=O) groups excluding carboxylic acids is 3. The Labute approximate surface area is 269 Å². The summed E-state index contributed by atoms with van der Waals surface area (Å²) >= 11 is 0. The Bertz CT molecular complexity index is 909. The van der Waals surface area contributed by atoms with Crippen molar-refractivity contribution in [3.63, 3.8) is 0 Å². The van der Waals surface area contributed by atoms with Gasteiger partial charge in [0.2, 0.25) is 11.8 Å². The maximum Gasteiger partial charge on any atom is 0.220 e. The highest BCUT2D eigenvalue weighted by molar-refractivity contribution is 5.87. The topological polar surface area (TPSA) is 254 Å². The van der Waals surface area contributed by atoms with E-state index in [4.69, 9.17) is 18.9 Å². The number of carbonyl (C=O) groups is 3. The summed E-state index contributed by atoms with van der Waals surface area (Å²) in [4.78, 5) is 36.6. The van der Waals surface area contributed by atoms with Crippen molar-refractivity contribution in [1.29, 1.82) is 0 Å². The predicted molar refractivity (Wildman–Crippen MR) is 160 cm³/mol. The fourth-order valence-corrected chi connectivity index (χ4v) is 5.22. The molecule has 2 heterocycles. The summed E-state index contributed by atoms with van der Waals surface area (Å²) in [6.45, 7) is 2.90. The Hall–Kier alpha value is -1.83. The first-order chi connectivity index (χ1) is 21.9. The SMILES string of the molecule is CC(=O)C(CCCCNC(=O)CCCCOC1OC(CO)C(O)C(O)C1O)NC(=O)CCCCOC1OC(CO)C(O)C(O)C1C. The number of nitrogens with one attached hydrogen (secondary N) is 2. The van der Waals surface area contributed by atoms with Gasteiger partial charge in [0, 0.05) is 38.5 Å². The number of hydrogen-bond acceptors (Lipinski definition) is 14. The van der Waals surface area contributed by atoms with Crippen LogP contribution < -0.4 is 10.6 Å². The number of ketones is 1. The van der Waals surface area contributed by atoms with Gasteiger partial charge in [-0.25, -0.2) is 0 Å². The molecular formula is C30H54N2O14. The van der Waals surface area contributed by atoms with Gasteiger partial charge in [-0.15, -0.1) is 0 Å². The molecule has 0 aromatic carbocycles. The molecule has 2 aliphatic rings. The summed E-state index contributed by atoms with van der Waals surface area (Å²) in [6.07, 6.45) is -6.58. The number of ether oxygens (including phenoxy) is 4. The lowest BCUT2D eigenvalue weighted by atomic mass is 9.92. The van der Waals surface area contributed by atoms with Crippen molar-refractivity contribution in [3.05, 3.63) is 0 Å². The summed E-state index contributed by atoms with van der Waals surface area (Å²) in [5.74, 6) is -1.06. The van der Waals surface area contributed by atoms with Crippen LogP contribution in [0.5, 0.6) is 0 Å². The van der Waals surface area contributed by atoms with Gasteiger partial charge in [-0.3, -0.25) is 14.4 Å². The zero-order chi connectivity index (χ0) is 34.2. The van der Waals surface area contributed by atoms with E-state index in [-0.39, 0.29) is 43.7 Å². The normalized spacial score (nSPS) is 32.1. The molecule has 0 bridgehead atoms. The Morgan fingerprint density at radius 3 is 1.83 bits per heavy atom. The Morgan fingerprint density at radius 2 is 1.24 bits per heavy atom. The van der Waals surface area contributed by atoms with Crippen molar-refractivity contribution < 1.29 is 69.1 Å². The highest BCUT2D eigenvalue weighted by Gasteiger charge is 2.44. The number of Topliss-reactive ketones (excluding diaryl/α,β-unsaturated/α-hetero) is 1. The average molecular weight is 667 g/mol. The first-order valence-corrected chi connectivity index (χ1v) is 16.1. The fraction of sp³-hybridized carbons (Fsp3) is 0.900. The van der Waals surface area contributed by atoms with Crippen molar-refractivity contribution >= 4 is 17.6 Å². The van der Waals surface area contributed by atoms with Crippen LogP contribution in [-0.4, -0.2) is 148 Å². The third kappa shape index (κ3) is 13.0. The van der Waals surface area contributed by atoms with Gasteiger partial charge in [-0.05, 0) is 51.9 Å². The van der Waals surface area contributed by atoms with Gasteiger partial charge in [-0.2, -0.15) is 0 Å². The largest absolute Gasteiger partial charge is 0.394 e. The van der Waals surface area contributed by atoms with Gasteiger partial charge in [0.25, 0.3) is 0 Å². The van der Waals surface area contributed by atoms with E-state index >= 15 is 0 Å². The van der Waals surface area contributed by atoms with E-state index in [0.29, 0.717) is 51.5 Å². The van der Waals surface area contributed by atoms with Gasteiger partial charge >= 0.3 is 0 Å². The molecule has 0 spiro atoms. The first-order valence-electron chi connectivity index (χ1n) is 16.1. The number of aliphatic hydroxyl groups is 7. The van der Waals surface area contributed by atoms with Crippen LogP contribution in [0.4, 0.5) is 0 Å². The van der Waals surface area contributed by atoms with Crippen molar-refractivity contribution in [1.82, 2.24) is 10.6 Å². The molecule has 0 aromatic heterocycles. The molecule has 2 fully saturated rings. The Balaban J connectivity index is 1.52. The number of aliphatic hydroxyl groups excluding tert-OH is 7. The van der Waals surface area contributed by atoms with E-state index in [2.05, 4.69) is 10.6 Å². The molecule has 46 heavy (non-hydrogen) atoms. The van der Waals surface area contributed by atoms with E-state index in [0.717, 1.165) is 0 Å². The van der Waals surface area contributed by atoms with Crippen LogP contribution in [0.2, 0.25) is 0 Å². The molecule has 0 saturated carbocycles. The molecule has 16 nitrogen and oxygen atoms in total. The molecule has 0 radical (unpaired) electrons.